The average molecular weight is 363 g/mol. The van der Waals surface area contributed by atoms with Gasteiger partial charge in [-0.15, -0.1) is 0 Å². The number of Topliss-reactive ketones (excluding diaryl/α,β-unsaturated/α-hetero) is 1. The number of ketones is 1. The van der Waals surface area contributed by atoms with Crippen LogP contribution in [-0.2, 0) is 0 Å². The van der Waals surface area contributed by atoms with Crippen LogP contribution in [0.15, 0.2) is 0 Å². The van der Waals surface area contributed by atoms with Gasteiger partial charge in [0.15, 0.2) is 17.2 Å². The van der Waals surface area contributed by atoms with Gasteiger partial charge < -0.3 is 14.7 Å². The highest BCUT2D eigenvalue weighted by Crippen LogP contribution is 2.45. The lowest BCUT2D eigenvalue weighted by Gasteiger charge is -2.50. The lowest BCUT2D eigenvalue weighted by atomic mass is 9.72. The second-order valence-electron chi connectivity index (χ2n) is 9.00. The van der Waals surface area contributed by atoms with Crippen LogP contribution >= 0.6 is 0 Å². The molecule has 7 heteroatoms. The van der Waals surface area contributed by atoms with E-state index in [0.29, 0.717) is 30.8 Å². The zero-order valence-electron chi connectivity index (χ0n) is 16.5. The van der Waals surface area contributed by atoms with E-state index in [0.717, 1.165) is 5.69 Å². The first-order valence-electron chi connectivity index (χ1n) is 9.26. The van der Waals surface area contributed by atoms with Crippen molar-refractivity contribution >= 4 is 11.9 Å². The summed E-state index contributed by atoms with van der Waals surface area (Å²) < 4.78 is 8.25. The molecule has 1 fully saturated rings. The molecule has 1 aromatic heterocycles. The first kappa shape index (κ1) is 18.7. The molecule has 0 bridgehead atoms. The third-order valence-electron chi connectivity index (χ3n) is 5.64. The summed E-state index contributed by atoms with van der Waals surface area (Å²) in [5, 5.41) is 14.0. The zero-order chi connectivity index (χ0) is 19.4. The Bertz CT molecular complexity index is 747. The number of likely N-dealkylation sites (tertiary alicyclic amines) is 1. The Kier molecular flexibility index (Phi) is 4.32. The van der Waals surface area contributed by atoms with Crippen molar-refractivity contribution < 1.29 is 19.4 Å². The largest absolute Gasteiger partial charge is 0.482 e. The minimum absolute atomic E-state index is 0.00909. The molecule has 0 radical (unpaired) electrons. The van der Waals surface area contributed by atoms with Gasteiger partial charge in [-0.1, -0.05) is 20.8 Å². The maximum atomic E-state index is 12.8. The van der Waals surface area contributed by atoms with Crippen LogP contribution in [0.1, 0.15) is 76.1 Å². The number of carboxylic acid groups (broad SMARTS) is 1. The average Bonchev–Trinajstić information content (AvgIpc) is 2.84. The van der Waals surface area contributed by atoms with Crippen molar-refractivity contribution in [3.63, 3.8) is 0 Å². The van der Waals surface area contributed by atoms with Gasteiger partial charge in [0.1, 0.15) is 5.60 Å². The monoisotopic (exact) mass is 363 g/mol. The SMILES string of the molecule is Cc1c2c(nn1C(C)C)C(=O)CC1(CCN(C(=O)O)C(C(C)(C)C)C1)O2. The Hall–Kier alpha value is -2.05. The second kappa shape index (κ2) is 5.99. The summed E-state index contributed by atoms with van der Waals surface area (Å²) in [4.78, 5) is 26.0. The summed E-state index contributed by atoms with van der Waals surface area (Å²) in [7, 11) is 0. The number of piperidine rings is 1. The minimum atomic E-state index is -0.911. The van der Waals surface area contributed by atoms with E-state index in [2.05, 4.69) is 5.10 Å². The molecule has 7 nitrogen and oxygen atoms in total. The molecule has 0 saturated carbocycles. The van der Waals surface area contributed by atoms with E-state index in [-0.39, 0.29) is 29.7 Å². The van der Waals surface area contributed by atoms with Gasteiger partial charge in [-0.25, -0.2) is 4.79 Å². The van der Waals surface area contributed by atoms with Crippen molar-refractivity contribution in [1.82, 2.24) is 14.7 Å². The third-order valence-corrected chi connectivity index (χ3v) is 5.64. The molecule has 2 atom stereocenters. The molecule has 2 aliphatic heterocycles. The number of amides is 1. The van der Waals surface area contributed by atoms with Gasteiger partial charge >= 0.3 is 6.09 Å². The molecule has 1 spiro atoms. The molecule has 1 amide bonds. The van der Waals surface area contributed by atoms with E-state index in [1.807, 2.05) is 46.2 Å². The molecule has 0 aromatic carbocycles. The number of carbonyl (C=O) groups is 2. The first-order chi connectivity index (χ1) is 11.9. The zero-order valence-corrected chi connectivity index (χ0v) is 16.5. The van der Waals surface area contributed by atoms with Crippen LogP contribution < -0.4 is 4.74 Å². The van der Waals surface area contributed by atoms with Crippen LogP contribution in [0.2, 0.25) is 0 Å². The van der Waals surface area contributed by atoms with Gasteiger partial charge in [0.05, 0.1) is 12.1 Å². The summed E-state index contributed by atoms with van der Waals surface area (Å²) in [6, 6.07) is -0.0623. The van der Waals surface area contributed by atoms with Crippen LogP contribution in [0.4, 0.5) is 4.79 Å². The quantitative estimate of drug-likeness (QED) is 0.823. The van der Waals surface area contributed by atoms with Crippen LogP contribution in [0.3, 0.4) is 0 Å². The molecule has 0 aliphatic carbocycles. The number of ether oxygens (including phenoxy) is 1. The van der Waals surface area contributed by atoms with Crippen molar-refractivity contribution in [1.29, 1.82) is 0 Å². The molecule has 144 valence electrons. The minimum Gasteiger partial charge on any atom is -0.482 e. The topological polar surface area (TPSA) is 84.7 Å². The molecule has 1 aromatic rings. The maximum absolute atomic E-state index is 12.8. The van der Waals surface area contributed by atoms with E-state index < -0.39 is 11.7 Å². The molecular weight excluding hydrogens is 334 g/mol. The number of carbonyl (C=O) groups excluding carboxylic acids is 1. The second-order valence-corrected chi connectivity index (χ2v) is 9.00. The summed E-state index contributed by atoms with van der Waals surface area (Å²) in [6.07, 6.45) is 0.379. The van der Waals surface area contributed by atoms with Crippen molar-refractivity contribution in [3.8, 4) is 5.75 Å². The third kappa shape index (κ3) is 2.97. The maximum Gasteiger partial charge on any atom is 0.407 e. The van der Waals surface area contributed by atoms with Gasteiger partial charge in [-0.3, -0.25) is 9.48 Å². The summed E-state index contributed by atoms with van der Waals surface area (Å²) >= 11 is 0. The number of nitrogens with zero attached hydrogens (tertiary/aromatic N) is 3. The summed E-state index contributed by atoms with van der Waals surface area (Å²) in [5.74, 6) is 0.566. The predicted molar refractivity (Wildman–Crippen MR) is 96.9 cm³/mol. The van der Waals surface area contributed by atoms with Gasteiger partial charge in [-0.05, 0) is 26.2 Å². The normalized spacial score (nSPS) is 26.2. The Morgan fingerprint density at radius 3 is 2.58 bits per heavy atom. The highest BCUT2D eigenvalue weighted by molar-refractivity contribution is 5.99. The van der Waals surface area contributed by atoms with Gasteiger partial charge in [-0.2, -0.15) is 5.10 Å². The number of aromatic nitrogens is 2. The molecule has 1 saturated heterocycles. The molecule has 1 N–H and O–H groups in total. The van der Waals surface area contributed by atoms with E-state index in [1.165, 1.54) is 4.90 Å². The first-order valence-corrected chi connectivity index (χ1v) is 9.26. The fourth-order valence-electron chi connectivity index (χ4n) is 4.24. The number of rotatable bonds is 1. The Morgan fingerprint density at radius 1 is 1.38 bits per heavy atom. The molecule has 26 heavy (non-hydrogen) atoms. The molecule has 3 rings (SSSR count). The molecule has 2 unspecified atom stereocenters. The lowest BCUT2D eigenvalue weighted by molar-refractivity contribution is -0.0525. The van der Waals surface area contributed by atoms with Crippen LogP contribution in [0.5, 0.6) is 5.75 Å². The van der Waals surface area contributed by atoms with Crippen molar-refractivity contribution in [2.75, 3.05) is 6.54 Å². The fraction of sp³-hybridized carbons (Fsp3) is 0.737. The highest BCUT2D eigenvalue weighted by Gasteiger charge is 2.51. The Morgan fingerprint density at radius 2 is 2.04 bits per heavy atom. The van der Waals surface area contributed by atoms with Gasteiger partial charge in [0, 0.05) is 31.5 Å². The predicted octanol–water partition coefficient (Wildman–Crippen LogP) is 3.66. The smallest absolute Gasteiger partial charge is 0.407 e. The Balaban J connectivity index is 1.97. The fourth-order valence-corrected chi connectivity index (χ4v) is 4.24. The van der Waals surface area contributed by atoms with Gasteiger partial charge in [0.2, 0.25) is 0 Å². The number of hydrogen-bond acceptors (Lipinski definition) is 4. The summed E-state index contributed by atoms with van der Waals surface area (Å²) in [5.41, 5.74) is 0.379. The van der Waals surface area contributed by atoms with E-state index in [1.54, 1.807) is 0 Å². The number of hydrogen-bond donors (Lipinski definition) is 1. The van der Waals surface area contributed by atoms with E-state index in [9.17, 15) is 14.7 Å². The van der Waals surface area contributed by atoms with E-state index in [4.69, 9.17) is 4.74 Å². The molecule has 3 heterocycles. The van der Waals surface area contributed by atoms with E-state index >= 15 is 0 Å². The standard InChI is InChI=1S/C19H29N3O4/c1-11(2)22-12(3)16-15(20-22)13(23)9-19(26-16)7-8-21(17(24)25)14(10-19)18(4,5)6/h11,14H,7-10H2,1-6H3,(H,24,25). The van der Waals surface area contributed by atoms with Crippen molar-refractivity contribution in [3.05, 3.63) is 11.4 Å². The number of fused-ring (bicyclic) bond motifs is 1. The van der Waals surface area contributed by atoms with Crippen molar-refractivity contribution in [2.45, 2.75) is 78.5 Å². The highest BCUT2D eigenvalue weighted by atomic mass is 16.5. The van der Waals surface area contributed by atoms with Crippen LogP contribution in [0, 0.1) is 12.3 Å². The van der Waals surface area contributed by atoms with Gasteiger partial charge in [0.25, 0.3) is 0 Å². The Labute approximate surface area is 154 Å². The van der Waals surface area contributed by atoms with Crippen LogP contribution in [0.25, 0.3) is 0 Å². The summed E-state index contributed by atoms with van der Waals surface area (Å²) in [6.45, 7) is 12.4. The van der Waals surface area contributed by atoms with Crippen LogP contribution in [-0.4, -0.2) is 49.9 Å². The van der Waals surface area contributed by atoms with Crippen molar-refractivity contribution in [2.24, 2.45) is 5.41 Å². The lowest BCUT2D eigenvalue weighted by Crippen LogP contribution is -2.59. The molecular formula is C19H29N3O4. The molecule has 2 aliphatic rings.